The predicted octanol–water partition coefficient (Wildman–Crippen LogP) is 2.04. The van der Waals surface area contributed by atoms with Crippen LogP contribution < -0.4 is 15.5 Å². The SMILES string of the molecule is CN1CCc2cc([C@H](CNC(=O)C(=O)Nc3ccccc3)N(C)C)ccc21. The number of benzene rings is 2. The van der Waals surface area contributed by atoms with E-state index in [0.717, 1.165) is 18.5 Å². The van der Waals surface area contributed by atoms with Crippen molar-refractivity contribution >= 4 is 23.2 Å². The maximum Gasteiger partial charge on any atom is 0.313 e. The molecule has 0 fully saturated rings. The van der Waals surface area contributed by atoms with Gasteiger partial charge in [0.2, 0.25) is 0 Å². The number of hydrogen-bond acceptors (Lipinski definition) is 4. The van der Waals surface area contributed by atoms with E-state index in [2.05, 4.69) is 45.7 Å². The van der Waals surface area contributed by atoms with Crippen molar-refractivity contribution in [1.29, 1.82) is 0 Å². The Balaban J connectivity index is 1.63. The van der Waals surface area contributed by atoms with Gasteiger partial charge in [0.25, 0.3) is 0 Å². The summed E-state index contributed by atoms with van der Waals surface area (Å²) < 4.78 is 0. The van der Waals surface area contributed by atoms with Gasteiger partial charge in [0.15, 0.2) is 0 Å². The average molecular weight is 366 g/mol. The van der Waals surface area contributed by atoms with Crippen LogP contribution in [0.5, 0.6) is 0 Å². The lowest BCUT2D eigenvalue weighted by Crippen LogP contribution is -2.40. The minimum absolute atomic E-state index is 0.00492. The predicted molar refractivity (Wildman–Crippen MR) is 108 cm³/mol. The first-order valence-corrected chi connectivity index (χ1v) is 9.10. The number of likely N-dealkylation sites (N-methyl/N-ethyl adjacent to an activating group) is 2. The van der Waals surface area contributed by atoms with Gasteiger partial charge in [-0.3, -0.25) is 9.59 Å². The Hall–Kier alpha value is -2.86. The Morgan fingerprint density at radius 2 is 1.85 bits per heavy atom. The normalized spacial score (nSPS) is 14.0. The number of nitrogens with one attached hydrogen (secondary N) is 2. The van der Waals surface area contributed by atoms with Gasteiger partial charge in [-0.1, -0.05) is 30.3 Å². The van der Waals surface area contributed by atoms with Crippen LogP contribution in [0.15, 0.2) is 48.5 Å². The van der Waals surface area contributed by atoms with Gasteiger partial charge in [0, 0.05) is 31.5 Å². The molecule has 3 rings (SSSR count). The number of carbonyl (C=O) groups is 2. The van der Waals surface area contributed by atoms with E-state index in [0.29, 0.717) is 12.2 Å². The Morgan fingerprint density at radius 1 is 1.11 bits per heavy atom. The summed E-state index contributed by atoms with van der Waals surface area (Å²) in [6.45, 7) is 1.39. The van der Waals surface area contributed by atoms with Gasteiger partial charge in [-0.15, -0.1) is 0 Å². The highest BCUT2D eigenvalue weighted by Gasteiger charge is 2.22. The molecule has 1 aliphatic rings. The number of anilines is 2. The molecule has 27 heavy (non-hydrogen) atoms. The summed E-state index contributed by atoms with van der Waals surface area (Å²) in [5, 5.41) is 5.36. The lowest BCUT2D eigenvalue weighted by molar-refractivity contribution is -0.136. The molecule has 0 spiro atoms. The molecule has 2 amide bonds. The van der Waals surface area contributed by atoms with E-state index in [4.69, 9.17) is 0 Å². The molecule has 1 atom stereocenters. The second-order valence-corrected chi connectivity index (χ2v) is 7.07. The first kappa shape index (κ1) is 18.9. The zero-order valence-corrected chi connectivity index (χ0v) is 16.0. The topological polar surface area (TPSA) is 64.7 Å². The van der Waals surface area contributed by atoms with E-state index in [1.807, 2.05) is 20.2 Å². The van der Waals surface area contributed by atoms with Gasteiger partial charge < -0.3 is 20.4 Å². The van der Waals surface area contributed by atoms with Gasteiger partial charge in [-0.05, 0) is 49.8 Å². The van der Waals surface area contributed by atoms with Gasteiger partial charge in [0.1, 0.15) is 0 Å². The zero-order chi connectivity index (χ0) is 19.4. The third-order valence-electron chi connectivity index (χ3n) is 4.93. The van der Waals surface area contributed by atoms with Gasteiger partial charge >= 0.3 is 11.8 Å². The maximum absolute atomic E-state index is 12.2. The number of carbonyl (C=O) groups excluding carboxylic acids is 2. The largest absolute Gasteiger partial charge is 0.374 e. The molecule has 6 heteroatoms. The van der Waals surface area contributed by atoms with Gasteiger partial charge in [-0.25, -0.2) is 0 Å². The highest BCUT2D eigenvalue weighted by atomic mass is 16.2. The molecule has 142 valence electrons. The van der Waals surface area contributed by atoms with E-state index in [1.54, 1.807) is 24.3 Å². The van der Waals surface area contributed by atoms with Crippen LogP contribution in [0.2, 0.25) is 0 Å². The molecule has 1 aliphatic heterocycles. The highest BCUT2D eigenvalue weighted by molar-refractivity contribution is 6.39. The van der Waals surface area contributed by atoms with Gasteiger partial charge in [0.05, 0.1) is 6.04 Å². The fourth-order valence-corrected chi connectivity index (χ4v) is 3.37. The second-order valence-electron chi connectivity index (χ2n) is 7.07. The Kier molecular flexibility index (Phi) is 5.76. The van der Waals surface area contributed by atoms with E-state index in [9.17, 15) is 9.59 Å². The first-order chi connectivity index (χ1) is 13.0. The third-order valence-corrected chi connectivity index (χ3v) is 4.93. The molecule has 2 aromatic carbocycles. The van der Waals surface area contributed by atoms with E-state index >= 15 is 0 Å². The molecular weight excluding hydrogens is 340 g/mol. The monoisotopic (exact) mass is 366 g/mol. The van der Waals surface area contributed by atoms with Crippen LogP contribution in [0.1, 0.15) is 17.2 Å². The molecule has 2 N–H and O–H groups in total. The molecular formula is C21H26N4O2. The Bertz CT molecular complexity index is 820. The quantitative estimate of drug-likeness (QED) is 0.795. The molecule has 6 nitrogen and oxygen atoms in total. The minimum Gasteiger partial charge on any atom is -0.374 e. The number of nitrogens with zero attached hydrogens (tertiary/aromatic N) is 2. The fraction of sp³-hybridized carbons (Fsp3) is 0.333. The molecule has 0 aromatic heterocycles. The van der Waals surface area contributed by atoms with E-state index in [-0.39, 0.29) is 6.04 Å². The fourth-order valence-electron chi connectivity index (χ4n) is 3.37. The number of para-hydroxylation sites is 1. The maximum atomic E-state index is 12.2. The van der Waals surface area contributed by atoms with Crippen molar-refractivity contribution in [3.05, 3.63) is 59.7 Å². The first-order valence-electron chi connectivity index (χ1n) is 9.10. The smallest absolute Gasteiger partial charge is 0.313 e. The van der Waals surface area contributed by atoms with Crippen molar-refractivity contribution in [2.45, 2.75) is 12.5 Å². The molecule has 2 aromatic rings. The summed E-state index contributed by atoms with van der Waals surface area (Å²) in [4.78, 5) is 28.6. The van der Waals surface area contributed by atoms with Crippen LogP contribution in [0.4, 0.5) is 11.4 Å². The van der Waals surface area contributed by atoms with Crippen molar-refractivity contribution in [1.82, 2.24) is 10.2 Å². The van der Waals surface area contributed by atoms with Crippen molar-refractivity contribution in [3.63, 3.8) is 0 Å². The van der Waals surface area contributed by atoms with Crippen LogP contribution in [0.3, 0.4) is 0 Å². The van der Waals surface area contributed by atoms with Crippen LogP contribution >= 0.6 is 0 Å². The van der Waals surface area contributed by atoms with Crippen LogP contribution in [0.25, 0.3) is 0 Å². The summed E-state index contributed by atoms with van der Waals surface area (Å²) in [6.07, 6.45) is 1.03. The van der Waals surface area contributed by atoms with Crippen molar-refractivity contribution in [2.75, 3.05) is 44.4 Å². The van der Waals surface area contributed by atoms with Gasteiger partial charge in [-0.2, -0.15) is 0 Å². The van der Waals surface area contributed by atoms with Crippen molar-refractivity contribution < 1.29 is 9.59 Å². The average Bonchev–Trinajstić information content (AvgIpc) is 3.02. The van der Waals surface area contributed by atoms with E-state index in [1.165, 1.54) is 11.3 Å². The Labute approximate surface area is 160 Å². The third kappa shape index (κ3) is 4.46. The summed E-state index contributed by atoms with van der Waals surface area (Å²) >= 11 is 0. The molecule has 0 saturated heterocycles. The minimum atomic E-state index is -0.658. The number of rotatable bonds is 5. The molecule has 0 unspecified atom stereocenters. The summed E-state index contributed by atoms with van der Waals surface area (Å²) in [7, 11) is 6.04. The van der Waals surface area contributed by atoms with Crippen LogP contribution in [-0.4, -0.2) is 50.9 Å². The molecule has 0 bridgehead atoms. The number of amides is 2. The molecule has 0 radical (unpaired) electrons. The number of hydrogen-bond donors (Lipinski definition) is 2. The van der Waals surface area contributed by atoms with Crippen LogP contribution in [-0.2, 0) is 16.0 Å². The Morgan fingerprint density at radius 3 is 2.56 bits per heavy atom. The van der Waals surface area contributed by atoms with Crippen molar-refractivity contribution in [2.24, 2.45) is 0 Å². The number of fused-ring (bicyclic) bond motifs is 1. The highest BCUT2D eigenvalue weighted by Crippen LogP contribution is 2.30. The molecule has 0 aliphatic carbocycles. The lowest BCUT2D eigenvalue weighted by atomic mass is 10.0. The summed E-state index contributed by atoms with van der Waals surface area (Å²) in [5.41, 5.74) is 4.33. The van der Waals surface area contributed by atoms with Crippen LogP contribution in [0, 0.1) is 0 Å². The summed E-state index contributed by atoms with van der Waals surface area (Å²) in [6, 6.07) is 15.4. The summed E-state index contributed by atoms with van der Waals surface area (Å²) in [5.74, 6) is -1.29. The zero-order valence-electron chi connectivity index (χ0n) is 16.0. The second kappa shape index (κ2) is 8.22. The van der Waals surface area contributed by atoms with Crippen molar-refractivity contribution in [3.8, 4) is 0 Å². The standard InChI is InChI=1S/C21H26N4O2/c1-24(2)19(15-9-10-18-16(13-15)11-12-25(18)3)14-22-20(26)21(27)23-17-7-5-4-6-8-17/h4-10,13,19H,11-12,14H2,1-3H3,(H,22,26)(H,23,27)/t19-/m0/s1. The molecule has 0 saturated carbocycles. The lowest BCUT2D eigenvalue weighted by Gasteiger charge is -2.26. The molecule has 1 heterocycles. The van der Waals surface area contributed by atoms with E-state index < -0.39 is 11.8 Å².